The van der Waals surface area contributed by atoms with Crippen LogP contribution in [0.4, 0.5) is 0 Å². The highest BCUT2D eigenvalue weighted by atomic mass is 32.2. The lowest BCUT2D eigenvalue weighted by Gasteiger charge is -2.25. The smallest absolute Gasteiger partial charge is 0.150 e. The van der Waals surface area contributed by atoms with E-state index in [0.29, 0.717) is 35.5 Å². The minimum absolute atomic E-state index is 0.348. The molecule has 0 aromatic carbocycles. The van der Waals surface area contributed by atoms with Gasteiger partial charge in [0.05, 0.1) is 17.6 Å². The molecule has 1 aliphatic carbocycles. The third kappa shape index (κ3) is 3.92. The van der Waals surface area contributed by atoms with Crippen molar-refractivity contribution in [2.75, 3.05) is 24.7 Å². The van der Waals surface area contributed by atoms with Gasteiger partial charge in [-0.15, -0.1) is 0 Å². The summed E-state index contributed by atoms with van der Waals surface area (Å²) >= 11 is 0. The van der Waals surface area contributed by atoms with Crippen molar-refractivity contribution in [2.24, 2.45) is 11.8 Å². The van der Waals surface area contributed by atoms with Crippen LogP contribution < -0.4 is 5.32 Å². The van der Waals surface area contributed by atoms with E-state index >= 15 is 0 Å². The van der Waals surface area contributed by atoms with Crippen LogP contribution in [0.5, 0.6) is 0 Å². The van der Waals surface area contributed by atoms with E-state index in [1.165, 1.54) is 12.8 Å². The molecule has 0 aromatic rings. The zero-order chi connectivity index (χ0) is 13.3. The summed E-state index contributed by atoms with van der Waals surface area (Å²) in [6, 6.07) is 0.699. The van der Waals surface area contributed by atoms with Gasteiger partial charge in [0.25, 0.3) is 0 Å². The van der Waals surface area contributed by atoms with Crippen LogP contribution in [-0.2, 0) is 14.6 Å². The van der Waals surface area contributed by atoms with Gasteiger partial charge in [0, 0.05) is 12.6 Å². The number of ether oxygens (including phenoxy) is 1. The molecular formula is C14H25NO3S. The van der Waals surface area contributed by atoms with E-state index in [0.717, 1.165) is 38.8 Å². The van der Waals surface area contributed by atoms with Gasteiger partial charge in [-0.1, -0.05) is 0 Å². The molecule has 0 aromatic heterocycles. The second-order valence-electron chi connectivity index (χ2n) is 6.48. The van der Waals surface area contributed by atoms with Crippen LogP contribution in [0.15, 0.2) is 0 Å². The average Bonchev–Trinajstić information content (AvgIpc) is 2.91. The molecule has 0 spiro atoms. The van der Waals surface area contributed by atoms with Crippen molar-refractivity contribution in [2.45, 2.75) is 50.7 Å². The maximum absolute atomic E-state index is 11.7. The first-order valence-corrected chi connectivity index (χ1v) is 9.50. The molecule has 0 amide bonds. The fraction of sp³-hybridized carbons (Fsp3) is 1.00. The standard InChI is InChI=1S/C14H25NO3S/c16-19(17)7-5-11(10-19)12(9-15-13-3-4-13)8-14-2-1-6-18-14/h11-15H,1-10H2. The van der Waals surface area contributed by atoms with Gasteiger partial charge >= 0.3 is 0 Å². The Kier molecular flexibility index (Phi) is 4.15. The molecule has 1 N–H and O–H groups in total. The highest BCUT2D eigenvalue weighted by molar-refractivity contribution is 7.91. The summed E-state index contributed by atoms with van der Waals surface area (Å²) in [5.74, 6) is 1.61. The third-order valence-corrected chi connectivity index (χ3v) is 6.56. The molecule has 0 radical (unpaired) electrons. The van der Waals surface area contributed by atoms with E-state index in [1.807, 2.05) is 0 Å². The minimum Gasteiger partial charge on any atom is -0.378 e. The summed E-state index contributed by atoms with van der Waals surface area (Å²) in [5.41, 5.74) is 0. The maximum atomic E-state index is 11.7. The Bertz CT molecular complexity index is 399. The van der Waals surface area contributed by atoms with Crippen LogP contribution in [0.3, 0.4) is 0 Å². The van der Waals surface area contributed by atoms with Gasteiger partial charge < -0.3 is 10.1 Å². The summed E-state index contributed by atoms with van der Waals surface area (Å²) in [7, 11) is -2.77. The molecule has 1 saturated carbocycles. The van der Waals surface area contributed by atoms with E-state index in [2.05, 4.69) is 5.32 Å². The van der Waals surface area contributed by atoms with Crippen LogP contribution >= 0.6 is 0 Å². The molecule has 3 atom stereocenters. The summed E-state index contributed by atoms with van der Waals surface area (Å²) in [5, 5.41) is 3.58. The van der Waals surface area contributed by atoms with Crippen LogP contribution in [0.1, 0.15) is 38.5 Å². The lowest BCUT2D eigenvalue weighted by atomic mass is 9.86. The fourth-order valence-electron chi connectivity index (χ4n) is 3.41. The normalized spacial score (nSPS) is 35.6. The van der Waals surface area contributed by atoms with Gasteiger partial charge in [-0.2, -0.15) is 0 Å². The summed E-state index contributed by atoms with van der Waals surface area (Å²) < 4.78 is 29.1. The number of rotatable bonds is 6. The molecule has 0 bridgehead atoms. The largest absolute Gasteiger partial charge is 0.378 e. The van der Waals surface area contributed by atoms with Gasteiger partial charge in [0.2, 0.25) is 0 Å². The van der Waals surface area contributed by atoms with Crippen LogP contribution in [0.25, 0.3) is 0 Å². The van der Waals surface area contributed by atoms with Crippen molar-refractivity contribution in [1.82, 2.24) is 5.32 Å². The Morgan fingerprint density at radius 3 is 2.63 bits per heavy atom. The molecule has 4 nitrogen and oxygen atoms in total. The first kappa shape index (κ1) is 13.8. The van der Waals surface area contributed by atoms with Crippen molar-refractivity contribution in [3.8, 4) is 0 Å². The summed E-state index contributed by atoms with van der Waals surface area (Å²) in [6.45, 7) is 1.86. The second-order valence-corrected chi connectivity index (χ2v) is 8.71. The van der Waals surface area contributed by atoms with Crippen molar-refractivity contribution < 1.29 is 13.2 Å². The molecule has 3 unspecified atom stereocenters. The van der Waals surface area contributed by atoms with Gasteiger partial charge in [0.15, 0.2) is 9.84 Å². The monoisotopic (exact) mass is 287 g/mol. The molecule has 3 rings (SSSR count). The molecule has 3 fully saturated rings. The minimum atomic E-state index is -2.77. The highest BCUT2D eigenvalue weighted by Gasteiger charge is 2.36. The average molecular weight is 287 g/mol. The van der Waals surface area contributed by atoms with Crippen molar-refractivity contribution in [3.05, 3.63) is 0 Å². The summed E-state index contributed by atoms with van der Waals surface area (Å²) in [6.07, 6.45) is 7.15. The number of nitrogens with one attached hydrogen (secondary N) is 1. The molecule has 3 aliphatic rings. The Balaban J connectivity index is 1.57. The number of hydrogen-bond donors (Lipinski definition) is 1. The first-order chi connectivity index (χ1) is 9.12. The zero-order valence-electron chi connectivity index (χ0n) is 11.5. The van der Waals surface area contributed by atoms with E-state index in [9.17, 15) is 8.42 Å². The van der Waals surface area contributed by atoms with Crippen LogP contribution in [0, 0.1) is 11.8 Å². The van der Waals surface area contributed by atoms with E-state index < -0.39 is 9.84 Å². The zero-order valence-corrected chi connectivity index (χ0v) is 12.3. The Labute approximate surface area is 116 Å². The van der Waals surface area contributed by atoms with Gasteiger partial charge in [-0.25, -0.2) is 8.42 Å². The molecule has 2 heterocycles. The Morgan fingerprint density at radius 1 is 1.21 bits per heavy atom. The molecular weight excluding hydrogens is 262 g/mol. The molecule has 110 valence electrons. The third-order valence-electron chi connectivity index (χ3n) is 4.77. The lowest BCUT2D eigenvalue weighted by Crippen LogP contribution is -2.32. The van der Waals surface area contributed by atoms with Crippen molar-refractivity contribution in [3.63, 3.8) is 0 Å². The van der Waals surface area contributed by atoms with E-state index in [-0.39, 0.29) is 0 Å². The van der Waals surface area contributed by atoms with Crippen molar-refractivity contribution in [1.29, 1.82) is 0 Å². The molecule has 2 saturated heterocycles. The predicted octanol–water partition coefficient (Wildman–Crippen LogP) is 1.36. The molecule has 5 heteroatoms. The maximum Gasteiger partial charge on any atom is 0.150 e. The predicted molar refractivity (Wildman–Crippen MR) is 74.9 cm³/mol. The highest BCUT2D eigenvalue weighted by Crippen LogP contribution is 2.32. The topological polar surface area (TPSA) is 55.4 Å². The Morgan fingerprint density at radius 2 is 2.05 bits per heavy atom. The SMILES string of the molecule is O=S1(=O)CCC(C(CNC2CC2)CC2CCCO2)C1. The van der Waals surface area contributed by atoms with Gasteiger partial charge in [-0.05, 0) is 56.9 Å². The Hall–Kier alpha value is -0.130. The summed E-state index contributed by atoms with van der Waals surface area (Å²) in [4.78, 5) is 0. The van der Waals surface area contributed by atoms with E-state index in [1.54, 1.807) is 0 Å². The molecule has 2 aliphatic heterocycles. The number of sulfone groups is 1. The quantitative estimate of drug-likeness (QED) is 0.801. The van der Waals surface area contributed by atoms with Crippen LogP contribution in [0.2, 0.25) is 0 Å². The first-order valence-electron chi connectivity index (χ1n) is 7.68. The van der Waals surface area contributed by atoms with Crippen molar-refractivity contribution >= 4 is 9.84 Å². The fourth-order valence-corrected chi connectivity index (χ4v) is 5.33. The number of hydrogen-bond acceptors (Lipinski definition) is 4. The van der Waals surface area contributed by atoms with Gasteiger partial charge in [0.1, 0.15) is 0 Å². The van der Waals surface area contributed by atoms with E-state index in [4.69, 9.17) is 4.74 Å². The lowest BCUT2D eigenvalue weighted by molar-refractivity contribution is 0.0806. The van der Waals surface area contributed by atoms with Crippen LogP contribution in [-0.4, -0.2) is 45.2 Å². The van der Waals surface area contributed by atoms with Gasteiger partial charge in [-0.3, -0.25) is 0 Å². The molecule has 19 heavy (non-hydrogen) atoms. The second kappa shape index (κ2) is 5.70.